The van der Waals surface area contributed by atoms with Crippen molar-refractivity contribution in [2.45, 2.75) is 20.4 Å². The van der Waals surface area contributed by atoms with Gasteiger partial charge in [0.05, 0.1) is 40.4 Å². The van der Waals surface area contributed by atoms with Crippen molar-refractivity contribution in [2.75, 3.05) is 11.5 Å². The highest BCUT2D eigenvalue weighted by molar-refractivity contribution is 6.39. The fraction of sp³-hybridized carbons (Fsp3) is 0.250. The standard InChI is InChI=1S/C20H16ClFN2O4/c1-20(2)10-28-23(19(20)27)9-11-7-16(14(21)8-15(11)22)24-17(25)12-5-3-4-6-13(12)18(24)26/h3-8H,9-10H2,1-2H3. The van der Waals surface area contributed by atoms with Crippen LogP contribution in [0.1, 0.15) is 40.1 Å². The summed E-state index contributed by atoms with van der Waals surface area (Å²) in [5, 5.41) is 1.00. The Kier molecular flexibility index (Phi) is 4.24. The molecule has 144 valence electrons. The van der Waals surface area contributed by atoms with E-state index in [0.717, 1.165) is 16.0 Å². The van der Waals surface area contributed by atoms with Gasteiger partial charge in [0, 0.05) is 5.56 Å². The smallest absolute Gasteiger partial charge is 0.266 e. The number of hydroxylamine groups is 2. The molecule has 2 aliphatic heterocycles. The Balaban J connectivity index is 1.70. The normalized spacial score (nSPS) is 18.2. The summed E-state index contributed by atoms with van der Waals surface area (Å²) in [6.45, 7) is 3.49. The number of carbonyl (C=O) groups excluding carboxylic acids is 3. The van der Waals surface area contributed by atoms with Crippen LogP contribution in [0.2, 0.25) is 5.02 Å². The summed E-state index contributed by atoms with van der Waals surface area (Å²) < 4.78 is 14.5. The molecule has 2 aromatic rings. The van der Waals surface area contributed by atoms with Crippen molar-refractivity contribution in [1.82, 2.24) is 5.06 Å². The molecule has 0 bridgehead atoms. The first-order valence-electron chi connectivity index (χ1n) is 8.61. The summed E-state index contributed by atoms with van der Waals surface area (Å²) in [7, 11) is 0. The molecule has 6 nitrogen and oxygen atoms in total. The topological polar surface area (TPSA) is 66.9 Å². The number of imide groups is 1. The van der Waals surface area contributed by atoms with Crippen molar-refractivity contribution in [3.05, 3.63) is 63.9 Å². The van der Waals surface area contributed by atoms with Gasteiger partial charge in [0.25, 0.3) is 17.7 Å². The molecule has 0 radical (unpaired) electrons. The molecule has 0 aliphatic carbocycles. The van der Waals surface area contributed by atoms with Crippen molar-refractivity contribution in [3.8, 4) is 0 Å². The van der Waals surface area contributed by atoms with E-state index >= 15 is 0 Å². The molecule has 3 amide bonds. The molecule has 0 N–H and O–H groups in total. The summed E-state index contributed by atoms with van der Waals surface area (Å²) in [6, 6.07) is 8.74. The molecule has 1 fully saturated rings. The lowest BCUT2D eigenvalue weighted by Gasteiger charge is -2.20. The average Bonchev–Trinajstić information content (AvgIpc) is 3.05. The van der Waals surface area contributed by atoms with E-state index in [0.29, 0.717) is 0 Å². The Bertz CT molecular complexity index is 1000. The van der Waals surface area contributed by atoms with Crippen LogP contribution in [-0.2, 0) is 16.2 Å². The number of rotatable bonds is 3. The summed E-state index contributed by atoms with van der Waals surface area (Å²) in [6.07, 6.45) is 0. The van der Waals surface area contributed by atoms with E-state index in [9.17, 15) is 18.8 Å². The number of nitrogens with zero attached hydrogens (tertiary/aromatic N) is 2. The molecule has 0 spiro atoms. The third-order valence-electron chi connectivity index (χ3n) is 4.85. The number of fused-ring (bicyclic) bond motifs is 1. The van der Waals surface area contributed by atoms with E-state index in [-0.39, 0.29) is 46.5 Å². The van der Waals surface area contributed by atoms with Crippen LogP contribution in [0.5, 0.6) is 0 Å². The highest BCUT2D eigenvalue weighted by Gasteiger charge is 2.41. The van der Waals surface area contributed by atoms with Crippen LogP contribution in [0.15, 0.2) is 36.4 Å². The van der Waals surface area contributed by atoms with Gasteiger partial charge in [-0.15, -0.1) is 0 Å². The second-order valence-corrected chi connectivity index (χ2v) is 7.79. The van der Waals surface area contributed by atoms with Gasteiger partial charge in [-0.25, -0.2) is 14.4 Å². The number of carbonyl (C=O) groups is 3. The van der Waals surface area contributed by atoms with Gasteiger partial charge < -0.3 is 0 Å². The van der Waals surface area contributed by atoms with Crippen molar-refractivity contribution in [2.24, 2.45) is 5.41 Å². The molecule has 4 rings (SSSR count). The largest absolute Gasteiger partial charge is 0.272 e. The molecule has 0 aromatic heterocycles. The number of anilines is 1. The third-order valence-corrected chi connectivity index (χ3v) is 5.15. The lowest BCUT2D eigenvalue weighted by molar-refractivity contribution is -0.165. The van der Waals surface area contributed by atoms with Crippen LogP contribution in [0.25, 0.3) is 0 Å². The van der Waals surface area contributed by atoms with Gasteiger partial charge in [0.1, 0.15) is 5.82 Å². The van der Waals surface area contributed by atoms with E-state index in [1.165, 1.54) is 6.07 Å². The summed E-state index contributed by atoms with van der Waals surface area (Å²) in [5.41, 5.74) is -0.0329. The molecule has 2 aliphatic rings. The predicted molar refractivity (Wildman–Crippen MR) is 99.3 cm³/mol. The van der Waals surface area contributed by atoms with E-state index in [2.05, 4.69) is 0 Å². The first kappa shape index (κ1) is 18.6. The highest BCUT2D eigenvalue weighted by atomic mass is 35.5. The predicted octanol–water partition coefficient (Wildman–Crippen LogP) is 3.58. The van der Waals surface area contributed by atoms with E-state index in [1.807, 2.05) is 0 Å². The maximum absolute atomic E-state index is 14.5. The Hall–Kier alpha value is -2.77. The minimum Gasteiger partial charge on any atom is -0.272 e. The van der Waals surface area contributed by atoms with Gasteiger partial charge in [0.2, 0.25) is 0 Å². The van der Waals surface area contributed by atoms with Gasteiger partial charge >= 0.3 is 0 Å². The van der Waals surface area contributed by atoms with Gasteiger partial charge in [-0.3, -0.25) is 19.2 Å². The maximum Gasteiger partial charge on any atom is 0.266 e. The number of benzene rings is 2. The fourth-order valence-electron chi connectivity index (χ4n) is 3.25. The molecule has 2 aromatic carbocycles. The summed E-state index contributed by atoms with van der Waals surface area (Å²) in [5.74, 6) is -2.00. The quantitative estimate of drug-likeness (QED) is 0.736. The second-order valence-electron chi connectivity index (χ2n) is 7.39. The number of hydrogen-bond acceptors (Lipinski definition) is 4. The molecule has 0 saturated carbocycles. The molecule has 0 unspecified atom stereocenters. The monoisotopic (exact) mass is 402 g/mol. The van der Waals surface area contributed by atoms with E-state index in [1.54, 1.807) is 38.1 Å². The minimum atomic E-state index is -0.700. The lowest BCUT2D eigenvalue weighted by atomic mass is 9.95. The molecule has 0 atom stereocenters. The lowest BCUT2D eigenvalue weighted by Crippen LogP contribution is -2.31. The SMILES string of the molecule is CC1(C)CON(Cc2cc(N3C(=O)c4ccccc4C3=O)c(Cl)cc2F)C1=O. The zero-order valence-corrected chi connectivity index (χ0v) is 15.9. The molecule has 28 heavy (non-hydrogen) atoms. The Labute approximate surface area is 165 Å². The molecule has 8 heteroatoms. The molecule has 2 heterocycles. The van der Waals surface area contributed by atoms with Crippen LogP contribution < -0.4 is 4.90 Å². The van der Waals surface area contributed by atoms with Gasteiger partial charge in [-0.1, -0.05) is 23.7 Å². The summed E-state index contributed by atoms with van der Waals surface area (Å²) in [4.78, 5) is 44.0. The highest BCUT2D eigenvalue weighted by Crippen LogP contribution is 2.36. The number of halogens is 2. The third kappa shape index (κ3) is 2.78. The Morgan fingerprint density at radius 1 is 1.11 bits per heavy atom. The van der Waals surface area contributed by atoms with Crippen LogP contribution in [-0.4, -0.2) is 29.4 Å². The fourth-order valence-corrected chi connectivity index (χ4v) is 3.49. The van der Waals surface area contributed by atoms with Crippen molar-refractivity contribution in [1.29, 1.82) is 0 Å². The number of hydrogen-bond donors (Lipinski definition) is 0. The molecular weight excluding hydrogens is 387 g/mol. The summed E-state index contributed by atoms with van der Waals surface area (Å²) >= 11 is 6.15. The van der Waals surface area contributed by atoms with Gasteiger partial charge in [-0.05, 0) is 38.1 Å². The first-order chi connectivity index (χ1) is 13.2. The van der Waals surface area contributed by atoms with Crippen molar-refractivity contribution in [3.63, 3.8) is 0 Å². The zero-order chi connectivity index (χ0) is 20.2. The molecular formula is C20H16ClFN2O4. The average molecular weight is 403 g/mol. The number of amides is 3. The Morgan fingerprint density at radius 3 is 2.25 bits per heavy atom. The van der Waals surface area contributed by atoms with Gasteiger partial charge in [-0.2, -0.15) is 0 Å². The van der Waals surface area contributed by atoms with Crippen molar-refractivity contribution >= 4 is 35.0 Å². The van der Waals surface area contributed by atoms with Crippen LogP contribution >= 0.6 is 11.6 Å². The Morgan fingerprint density at radius 2 is 1.71 bits per heavy atom. The maximum atomic E-state index is 14.5. The minimum absolute atomic E-state index is 0.0650. The van der Waals surface area contributed by atoms with Crippen molar-refractivity contribution < 1.29 is 23.6 Å². The first-order valence-corrected chi connectivity index (χ1v) is 8.99. The van der Waals surface area contributed by atoms with Gasteiger partial charge in [0.15, 0.2) is 0 Å². The van der Waals surface area contributed by atoms with E-state index < -0.39 is 23.0 Å². The van der Waals surface area contributed by atoms with Crippen LogP contribution in [0.3, 0.4) is 0 Å². The van der Waals surface area contributed by atoms with E-state index in [4.69, 9.17) is 16.4 Å². The zero-order valence-electron chi connectivity index (χ0n) is 15.2. The molecule has 1 saturated heterocycles. The van der Waals surface area contributed by atoms with Crippen LogP contribution in [0.4, 0.5) is 10.1 Å². The second kappa shape index (κ2) is 6.39. The van der Waals surface area contributed by atoms with Crippen LogP contribution in [0, 0.1) is 11.2 Å².